The van der Waals surface area contributed by atoms with Gasteiger partial charge in [0.2, 0.25) is 11.2 Å². The molecule has 2 aromatic rings. The molecule has 0 radical (unpaired) electrons. The van der Waals surface area contributed by atoms with E-state index < -0.39 is 6.04 Å². The van der Waals surface area contributed by atoms with Crippen LogP contribution in [0.4, 0.5) is 5.82 Å². The first kappa shape index (κ1) is 23.8. The highest BCUT2D eigenvalue weighted by Crippen LogP contribution is 2.25. The lowest BCUT2D eigenvalue weighted by molar-refractivity contribution is -0.134. The van der Waals surface area contributed by atoms with Gasteiger partial charge in [0.05, 0.1) is 7.11 Å². The van der Waals surface area contributed by atoms with Crippen molar-refractivity contribution >= 4 is 29.2 Å². The third-order valence-electron chi connectivity index (χ3n) is 6.02. The predicted octanol–water partition coefficient (Wildman–Crippen LogP) is 3.02. The molecule has 1 aromatic carbocycles. The number of nitrogen functional groups attached to an aromatic ring is 1. The number of hydrogen-bond acceptors (Lipinski definition) is 6. The van der Waals surface area contributed by atoms with Crippen molar-refractivity contribution in [2.45, 2.75) is 45.6 Å². The summed E-state index contributed by atoms with van der Waals surface area (Å²) in [5.41, 5.74) is 8.25. The van der Waals surface area contributed by atoms with E-state index >= 15 is 0 Å². The second-order valence-electron chi connectivity index (χ2n) is 8.17. The SMILES string of the molecule is COc1ccc(C(=O)N[C@@H](C)C(=O)N2CCC(CCc3c(C)nc(Cl)nc3N)CC2)cc1. The molecule has 1 aliphatic rings. The van der Waals surface area contributed by atoms with Crippen LogP contribution in [0.3, 0.4) is 0 Å². The highest BCUT2D eigenvalue weighted by Gasteiger charge is 2.27. The summed E-state index contributed by atoms with van der Waals surface area (Å²) in [6.07, 6.45) is 3.58. The fraction of sp³-hybridized carbons (Fsp3) is 0.478. The summed E-state index contributed by atoms with van der Waals surface area (Å²) in [7, 11) is 1.57. The standard InChI is InChI=1S/C23H30ClN5O3/c1-14-19(20(25)28-23(24)27-14)9-4-16-10-12-29(13-11-16)22(31)15(2)26-21(30)17-5-7-18(32-3)8-6-17/h5-8,15-16H,4,9-13H2,1-3H3,(H,26,30)(H2,25,27,28)/t15-/m0/s1. The molecule has 172 valence electrons. The van der Waals surface area contributed by atoms with E-state index in [2.05, 4.69) is 15.3 Å². The van der Waals surface area contributed by atoms with E-state index in [1.807, 2.05) is 11.8 Å². The monoisotopic (exact) mass is 459 g/mol. The van der Waals surface area contributed by atoms with Crippen LogP contribution in [-0.4, -0.2) is 52.9 Å². The topological polar surface area (TPSA) is 110 Å². The normalized spacial score (nSPS) is 15.3. The van der Waals surface area contributed by atoms with Crippen LogP contribution in [0.1, 0.15) is 47.8 Å². The van der Waals surface area contributed by atoms with Gasteiger partial charge in [-0.05, 0) is 81.3 Å². The van der Waals surface area contributed by atoms with Crippen LogP contribution >= 0.6 is 11.6 Å². The Labute approximate surface area is 193 Å². The smallest absolute Gasteiger partial charge is 0.251 e. The number of nitrogens with zero attached hydrogens (tertiary/aromatic N) is 3. The van der Waals surface area contributed by atoms with E-state index in [1.165, 1.54) is 0 Å². The van der Waals surface area contributed by atoms with E-state index in [1.54, 1.807) is 38.3 Å². The maximum absolute atomic E-state index is 12.8. The van der Waals surface area contributed by atoms with Gasteiger partial charge in [0, 0.05) is 29.9 Å². The van der Waals surface area contributed by atoms with Crippen molar-refractivity contribution in [3.63, 3.8) is 0 Å². The van der Waals surface area contributed by atoms with Gasteiger partial charge in [0.15, 0.2) is 0 Å². The fourth-order valence-electron chi connectivity index (χ4n) is 4.04. The van der Waals surface area contributed by atoms with Gasteiger partial charge in [0.1, 0.15) is 17.6 Å². The van der Waals surface area contributed by atoms with Crippen molar-refractivity contribution in [2.75, 3.05) is 25.9 Å². The summed E-state index contributed by atoms with van der Waals surface area (Å²) in [5, 5.41) is 2.97. The molecule has 3 rings (SSSR count). The molecule has 1 aromatic heterocycles. The quantitative estimate of drug-likeness (QED) is 0.616. The fourth-order valence-corrected chi connectivity index (χ4v) is 4.26. The molecule has 0 saturated carbocycles. The Morgan fingerprint density at radius 2 is 1.91 bits per heavy atom. The molecule has 2 amide bonds. The van der Waals surface area contributed by atoms with Crippen molar-refractivity contribution in [3.05, 3.63) is 46.4 Å². The minimum absolute atomic E-state index is 0.0588. The maximum Gasteiger partial charge on any atom is 0.251 e. The molecular formula is C23H30ClN5O3. The molecule has 0 aliphatic carbocycles. The van der Waals surface area contributed by atoms with E-state index in [0.29, 0.717) is 36.1 Å². The summed E-state index contributed by atoms with van der Waals surface area (Å²) in [6, 6.07) is 6.21. The van der Waals surface area contributed by atoms with Gasteiger partial charge in [-0.1, -0.05) is 0 Å². The number of benzene rings is 1. The Morgan fingerprint density at radius 3 is 2.50 bits per heavy atom. The van der Waals surface area contributed by atoms with Crippen molar-refractivity contribution < 1.29 is 14.3 Å². The summed E-state index contributed by atoms with van der Waals surface area (Å²) < 4.78 is 5.10. The average Bonchev–Trinajstić information content (AvgIpc) is 2.78. The van der Waals surface area contributed by atoms with Crippen LogP contribution in [-0.2, 0) is 11.2 Å². The summed E-state index contributed by atoms with van der Waals surface area (Å²) >= 11 is 5.85. The third kappa shape index (κ3) is 5.88. The summed E-state index contributed by atoms with van der Waals surface area (Å²) in [6.45, 7) is 4.97. The van der Waals surface area contributed by atoms with Crippen LogP contribution < -0.4 is 15.8 Å². The zero-order valence-electron chi connectivity index (χ0n) is 18.7. The maximum atomic E-state index is 12.8. The van der Waals surface area contributed by atoms with Crippen LogP contribution in [0.15, 0.2) is 24.3 Å². The number of piperidine rings is 1. The molecule has 32 heavy (non-hydrogen) atoms. The van der Waals surface area contributed by atoms with Gasteiger partial charge in [-0.25, -0.2) is 9.97 Å². The third-order valence-corrected chi connectivity index (χ3v) is 6.19. The number of anilines is 1. The Kier molecular flexibility index (Phi) is 7.90. The van der Waals surface area contributed by atoms with E-state index in [0.717, 1.165) is 36.9 Å². The van der Waals surface area contributed by atoms with Gasteiger partial charge in [-0.3, -0.25) is 9.59 Å². The molecule has 0 spiro atoms. The van der Waals surface area contributed by atoms with Crippen molar-refractivity contribution in [2.24, 2.45) is 5.92 Å². The minimum Gasteiger partial charge on any atom is -0.497 e. The average molecular weight is 460 g/mol. The number of likely N-dealkylation sites (tertiary alicyclic amines) is 1. The van der Waals surface area contributed by atoms with Gasteiger partial charge >= 0.3 is 0 Å². The van der Waals surface area contributed by atoms with Crippen LogP contribution in [0, 0.1) is 12.8 Å². The van der Waals surface area contributed by atoms with Crippen LogP contribution in [0.5, 0.6) is 5.75 Å². The molecular weight excluding hydrogens is 430 g/mol. The number of nitrogens with one attached hydrogen (secondary N) is 1. The lowest BCUT2D eigenvalue weighted by atomic mass is 9.90. The molecule has 2 heterocycles. The zero-order valence-corrected chi connectivity index (χ0v) is 19.5. The number of nitrogens with two attached hydrogens (primary N) is 1. The van der Waals surface area contributed by atoms with Crippen LogP contribution in [0.25, 0.3) is 0 Å². The molecule has 1 fully saturated rings. The molecule has 0 unspecified atom stereocenters. The summed E-state index contributed by atoms with van der Waals surface area (Å²) in [5.74, 6) is 1.28. The number of rotatable bonds is 7. The Bertz CT molecular complexity index is 936. The highest BCUT2D eigenvalue weighted by molar-refractivity contribution is 6.28. The Hall–Kier alpha value is -2.87. The number of amides is 2. The first-order valence-corrected chi connectivity index (χ1v) is 11.2. The Balaban J connectivity index is 1.46. The number of aryl methyl sites for hydroxylation is 1. The predicted molar refractivity (Wildman–Crippen MR) is 124 cm³/mol. The number of carbonyl (C=O) groups excluding carboxylic acids is 2. The minimum atomic E-state index is -0.588. The number of carbonyl (C=O) groups is 2. The van der Waals surface area contributed by atoms with Gasteiger partial charge in [-0.15, -0.1) is 0 Å². The molecule has 1 aliphatic heterocycles. The number of methoxy groups -OCH3 is 1. The number of ether oxygens (including phenoxy) is 1. The summed E-state index contributed by atoms with van der Waals surface area (Å²) in [4.78, 5) is 35.3. The molecule has 0 bridgehead atoms. The van der Waals surface area contributed by atoms with E-state index in [-0.39, 0.29) is 17.1 Å². The molecule has 3 N–H and O–H groups in total. The van der Waals surface area contributed by atoms with Crippen molar-refractivity contribution in [1.29, 1.82) is 0 Å². The second kappa shape index (κ2) is 10.6. The van der Waals surface area contributed by atoms with Gasteiger partial charge in [0.25, 0.3) is 5.91 Å². The van der Waals surface area contributed by atoms with Crippen molar-refractivity contribution in [1.82, 2.24) is 20.2 Å². The molecule has 1 atom stereocenters. The number of aromatic nitrogens is 2. The highest BCUT2D eigenvalue weighted by atomic mass is 35.5. The largest absolute Gasteiger partial charge is 0.497 e. The molecule has 8 nitrogen and oxygen atoms in total. The Morgan fingerprint density at radius 1 is 1.25 bits per heavy atom. The first-order valence-electron chi connectivity index (χ1n) is 10.8. The lowest BCUT2D eigenvalue weighted by Crippen LogP contribution is -2.49. The lowest BCUT2D eigenvalue weighted by Gasteiger charge is -2.34. The second-order valence-corrected chi connectivity index (χ2v) is 8.51. The number of halogens is 1. The molecule has 1 saturated heterocycles. The molecule has 9 heteroatoms. The van der Waals surface area contributed by atoms with E-state index in [4.69, 9.17) is 22.1 Å². The van der Waals surface area contributed by atoms with E-state index in [9.17, 15) is 9.59 Å². The number of hydrogen-bond donors (Lipinski definition) is 2. The van der Waals surface area contributed by atoms with Gasteiger partial charge in [-0.2, -0.15) is 0 Å². The van der Waals surface area contributed by atoms with Gasteiger partial charge < -0.3 is 20.7 Å². The van der Waals surface area contributed by atoms with Crippen molar-refractivity contribution in [3.8, 4) is 5.75 Å². The first-order chi connectivity index (χ1) is 15.3. The van der Waals surface area contributed by atoms with Crippen LogP contribution in [0.2, 0.25) is 5.28 Å². The zero-order chi connectivity index (χ0) is 23.3.